The molecular weight excluding hydrogens is 210 g/mol. The summed E-state index contributed by atoms with van der Waals surface area (Å²) in [6.45, 7) is 0.260. The van der Waals surface area contributed by atoms with Crippen LogP contribution < -0.4 is 20.6 Å². The van der Waals surface area contributed by atoms with Gasteiger partial charge >= 0.3 is 6.03 Å². The number of nitrogens with zero attached hydrogens (tertiary/aromatic N) is 1. The van der Waals surface area contributed by atoms with Gasteiger partial charge in [0, 0.05) is 12.6 Å². The molecule has 2 amide bonds. The molecular formula is C10H11N3O3. The van der Waals surface area contributed by atoms with E-state index in [1.54, 1.807) is 6.21 Å². The minimum Gasteiger partial charge on any atom is -0.454 e. The first-order valence-corrected chi connectivity index (χ1v) is 4.71. The number of fused-ring (bicyclic) bond motifs is 1. The van der Waals surface area contributed by atoms with E-state index in [-0.39, 0.29) is 6.79 Å². The van der Waals surface area contributed by atoms with Crippen LogP contribution >= 0.6 is 0 Å². The summed E-state index contributed by atoms with van der Waals surface area (Å²) in [5.41, 5.74) is 7.98. The lowest BCUT2D eigenvalue weighted by atomic mass is 10.1. The van der Waals surface area contributed by atoms with Gasteiger partial charge in [-0.1, -0.05) is 6.07 Å². The molecule has 1 aliphatic rings. The highest BCUT2D eigenvalue weighted by Gasteiger charge is 2.12. The second kappa shape index (κ2) is 4.52. The van der Waals surface area contributed by atoms with Crippen LogP contribution in [-0.4, -0.2) is 19.0 Å². The topological polar surface area (TPSA) is 85.9 Å². The van der Waals surface area contributed by atoms with Crippen molar-refractivity contribution in [2.75, 3.05) is 6.79 Å². The third kappa shape index (κ3) is 2.41. The number of nitrogens with one attached hydrogen (secondary N) is 1. The Kier molecular flexibility index (Phi) is 2.90. The van der Waals surface area contributed by atoms with Gasteiger partial charge in [0.15, 0.2) is 11.5 Å². The molecule has 0 unspecified atom stereocenters. The number of primary amides is 1. The number of benzene rings is 1. The van der Waals surface area contributed by atoms with Crippen LogP contribution in [0.2, 0.25) is 0 Å². The first-order chi connectivity index (χ1) is 7.75. The van der Waals surface area contributed by atoms with E-state index in [1.807, 2.05) is 18.2 Å². The van der Waals surface area contributed by atoms with Gasteiger partial charge in [-0.3, -0.25) is 0 Å². The van der Waals surface area contributed by atoms with E-state index in [4.69, 9.17) is 15.2 Å². The first-order valence-electron chi connectivity index (χ1n) is 4.71. The largest absolute Gasteiger partial charge is 0.454 e. The number of hydrogen-bond acceptors (Lipinski definition) is 4. The SMILES string of the molecule is NC(=O)N/N=C\Cc1ccc2c(c1)OCO2. The van der Waals surface area contributed by atoms with E-state index in [2.05, 4.69) is 10.5 Å². The molecule has 16 heavy (non-hydrogen) atoms. The Morgan fingerprint density at radius 3 is 3.12 bits per heavy atom. The van der Waals surface area contributed by atoms with Crippen molar-refractivity contribution in [2.24, 2.45) is 10.8 Å². The number of ether oxygens (including phenoxy) is 2. The van der Waals surface area contributed by atoms with Crippen LogP contribution in [0.25, 0.3) is 0 Å². The molecule has 6 nitrogen and oxygen atoms in total. The Labute approximate surface area is 92.0 Å². The molecule has 0 atom stereocenters. The number of urea groups is 1. The van der Waals surface area contributed by atoms with E-state index in [1.165, 1.54) is 0 Å². The predicted molar refractivity (Wildman–Crippen MR) is 57.5 cm³/mol. The fourth-order valence-electron chi connectivity index (χ4n) is 1.33. The minimum absolute atomic E-state index is 0.260. The van der Waals surface area contributed by atoms with Gasteiger partial charge in [-0.25, -0.2) is 10.2 Å². The van der Waals surface area contributed by atoms with Gasteiger partial charge in [0.25, 0.3) is 0 Å². The molecule has 1 aromatic carbocycles. The van der Waals surface area contributed by atoms with Gasteiger partial charge in [-0.15, -0.1) is 0 Å². The van der Waals surface area contributed by atoms with Crippen LogP contribution in [-0.2, 0) is 6.42 Å². The maximum absolute atomic E-state index is 10.3. The Bertz CT molecular complexity index is 431. The maximum atomic E-state index is 10.3. The average molecular weight is 221 g/mol. The zero-order valence-electron chi connectivity index (χ0n) is 8.47. The molecule has 0 saturated heterocycles. The Hall–Kier alpha value is -2.24. The number of hydrazone groups is 1. The monoisotopic (exact) mass is 221 g/mol. The van der Waals surface area contributed by atoms with Crippen LogP contribution in [0, 0.1) is 0 Å². The quantitative estimate of drug-likeness (QED) is 0.579. The van der Waals surface area contributed by atoms with E-state index >= 15 is 0 Å². The minimum atomic E-state index is -0.679. The van der Waals surface area contributed by atoms with Gasteiger partial charge in [0.2, 0.25) is 6.79 Å². The second-order valence-corrected chi connectivity index (χ2v) is 3.18. The lowest BCUT2D eigenvalue weighted by Crippen LogP contribution is -2.24. The zero-order valence-corrected chi connectivity index (χ0v) is 8.47. The molecule has 0 saturated carbocycles. The summed E-state index contributed by atoms with van der Waals surface area (Å²) in [6, 6.07) is 4.94. The molecule has 1 aromatic rings. The van der Waals surface area contributed by atoms with E-state index in [0.717, 1.165) is 17.1 Å². The average Bonchev–Trinajstić information content (AvgIpc) is 2.71. The molecule has 1 heterocycles. The standard InChI is InChI=1S/C10H11N3O3/c11-10(14)13-12-4-3-7-1-2-8-9(5-7)16-6-15-8/h1-2,4-5H,3,6H2,(H3,11,13,14)/b12-4-. The molecule has 84 valence electrons. The van der Waals surface area contributed by atoms with Crippen molar-refractivity contribution < 1.29 is 14.3 Å². The number of nitrogens with two attached hydrogens (primary N) is 1. The lowest BCUT2D eigenvalue weighted by molar-refractivity contribution is 0.174. The fourth-order valence-corrected chi connectivity index (χ4v) is 1.33. The Morgan fingerprint density at radius 1 is 1.50 bits per heavy atom. The summed E-state index contributed by atoms with van der Waals surface area (Å²) < 4.78 is 10.4. The summed E-state index contributed by atoms with van der Waals surface area (Å²) in [5.74, 6) is 1.48. The molecule has 0 bridgehead atoms. The van der Waals surface area contributed by atoms with Crippen LogP contribution in [0.15, 0.2) is 23.3 Å². The molecule has 6 heteroatoms. The number of carbonyl (C=O) groups is 1. The highest BCUT2D eigenvalue weighted by atomic mass is 16.7. The van der Waals surface area contributed by atoms with Crippen molar-refractivity contribution in [3.8, 4) is 11.5 Å². The number of amides is 2. The van der Waals surface area contributed by atoms with E-state index < -0.39 is 6.03 Å². The van der Waals surface area contributed by atoms with Crippen molar-refractivity contribution in [3.05, 3.63) is 23.8 Å². The lowest BCUT2D eigenvalue weighted by Gasteiger charge is -1.99. The highest BCUT2D eigenvalue weighted by molar-refractivity contribution is 5.73. The Morgan fingerprint density at radius 2 is 2.31 bits per heavy atom. The van der Waals surface area contributed by atoms with Crippen LogP contribution in [0.4, 0.5) is 4.79 Å². The summed E-state index contributed by atoms with van der Waals surface area (Å²) in [6.07, 6.45) is 2.14. The molecule has 0 aromatic heterocycles. The highest BCUT2D eigenvalue weighted by Crippen LogP contribution is 2.32. The second-order valence-electron chi connectivity index (χ2n) is 3.18. The first kappa shape index (κ1) is 10.3. The molecule has 2 rings (SSSR count). The van der Waals surface area contributed by atoms with Crippen LogP contribution in [0.1, 0.15) is 5.56 Å². The molecule has 0 radical (unpaired) electrons. The van der Waals surface area contributed by atoms with Crippen molar-refractivity contribution in [3.63, 3.8) is 0 Å². The van der Waals surface area contributed by atoms with Crippen molar-refractivity contribution in [1.29, 1.82) is 0 Å². The number of carbonyl (C=O) groups excluding carboxylic acids is 1. The summed E-state index contributed by atoms with van der Waals surface area (Å²) >= 11 is 0. The van der Waals surface area contributed by atoms with Crippen molar-refractivity contribution in [1.82, 2.24) is 5.43 Å². The van der Waals surface area contributed by atoms with Gasteiger partial charge in [0.05, 0.1) is 0 Å². The van der Waals surface area contributed by atoms with E-state index in [0.29, 0.717) is 6.42 Å². The Balaban J connectivity index is 1.95. The third-order valence-electron chi connectivity index (χ3n) is 2.03. The normalized spacial score (nSPS) is 13.0. The van der Waals surface area contributed by atoms with Gasteiger partial charge in [0.1, 0.15) is 0 Å². The fraction of sp³-hybridized carbons (Fsp3) is 0.200. The van der Waals surface area contributed by atoms with Crippen molar-refractivity contribution >= 4 is 12.2 Å². The predicted octanol–water partition coefficient (Wildman–Crippen LogP) is 0.612. The molecule has 0 aliphatic carbocycles. The van der Waals surface area contributed by atoms with Crippen LogP contribution in [0.3, 0.4) is 0 Å². The van der Waals surface area contributed by atoms with Crippen LogP contribution in [0.5, 0.6) is 11.5 Å². The number of rotatable bonds is 3. The summed E-state index contributed by atoms with van der Waals surface area (Å²) in [5, 5.41) is 3.64. The smallest absolute Gasteiger partial charge is 0.332 e. The third-order valence-corrected chi connectivity index (χ3v) is 2.03. The zero-order chi connectivity index (χ0) is 11.4. The molecule has 0 spiro atoms. The number of hydrogen-bond donors (Lipinski definition) is 2. The van der Waals surface area contributed by atoms with Crippen molar-refractivity contribution in [2.45, 2.75) is 6.42 Å². The summed E-state index contributed by atoms with van der Waals surface area (Å²) in [4.78, 5) is 10.3. The van der Waals surface area contributed by atoms with Gasteiger partial charge in [-0.05, 0) is 17.7 Å². The molecule has 1 aliphatic heterocycles. The summed E-state index contributed by atoms with van der Waals surface area (Å²) in [7, 11) is 0. The van der Waals surface area contributed by atoms with Gasteiger partial charge < -0.3 is 15.2 Å². The molecule has 3 N–H and O–H groups in total. The maximum Gasteiger partial charge on any atom is 0.332 e. The van der Waals surface area contributed by atoms with Gasteiger partial charge in [-0.2, -0.15) is 5.10 Å². The van der Waals surface area contributed by atoms with E-state index in [9.17, 15) is 4.79 Å². The molecule has 0 fully saturated rings.